The number of rotatable bonds is 7. The third-order valence-electron chi connectivity index (χ3n) is 4.19. The lowest BCUT2D eigenvalue weighted by atomic mass is 10.2. The van der Waals surface area contributed by atoms with E-state index in [0.717, 1.165) is 0 Å². The van der Waals surface area contributed by atoms with Gasteiger partial charge in [-0.2, -0.15) is 0 Å². The van der Waals surface area contributed by atoms with Gasteiger partial charge >= 0.3 is 6.03 Å². The van der Waals surface area contributed by atoms with E-state index in [-0.39, 0.29) is 23.0 Å². The van der Waals surface area contributed by atoms with Crippen molar-refractivity contribution in [2.24, 2.45) is 5.73 Å². The average Bonchev–Trinajstić information content (AvgIpc) is 2.73. The monoisotopic (exact) mass is 441 g/mol. The number of nitrogen functional groups attached to an aromatic ring is 1. The van der Waals surface area contributed by atoms with Crippen LogP contribution in [0.5, 0.6) is 0 Å². The zero-order chi connectivity index (χ0) is 22.4. The topological polar surface area (TPSA) is 137 Å². The molecule has 0 bridgehead atoms. The van der Waals surface area contributed by atoms with Gasteiger partial charge in [0, 0.05) is 23.5 Å². The third kappa shape index (κ3) is 6.11. The molecule has 0 fully saturated rings. The molecule has 3 aromatic rings. The summed E-state index contributed by atoms with van der Waals surface area (Å²) >= 11 is 0. The van der Waals surface area contributed by atoms with Crippen LogP contribution in [0, 0.1) is 11.2 Å². The number of nitrogens with one attached hydrogen (secondary N) is 4. The lowest BCUT2D eigenvalue weighted by Gasteiger charge is -2.11. The lowest BCUT2D eigenvalue weighted by molar-refractivity contribution is 0.262. The van der Waals surface area contributed by atoms with Gasteiger partial charge < -0.3 is 16.4 Å². The molecule has 6 N–H and O–H groups in total. The van der Waals surface area contributed by atoms with Crippen LogP contribution in [0.4, 0.5) is 20.6 Å². The zero-order valence-electron chi connectivity index (χ0n) is 16.2. The SMILES string of the molecule is N=C(N)c1cccc(NC(=O)Nc2cccc(S(=O)(=O)NCc3cccc(F)c3)c2)c1. The van der Waals surface area contributed by atoms with Crippen molar-refractivity contribution in [3.05, 3.63) is 89.7 Å². The van der Waals surface area contributed by atoms with E-state index < -0.39 is 21.9 Å². The molecule has 2 amide bonds. The van der Waals surface area contributed by atoms with Crippen LogP contribution in [0.25, 0.3) is 0 Å². The molecule has 0 aliphatic carbocycles. The first-order valence-corrected chi connectivity index (χ1v) is 10.6. The summed E-state index contributed by atoms with van der Waals surface area (Å²) in [5, 5.41) is 12.6. The number of amides is 2. The van der Waals surface area contributed by atoms with Crippen LogP contribution in [-0.2, 0) is 16.6 Å². The predicted octanol–water partition coefficient (Wildman–Crippen LogP) is 3.23. The van der Waals surface area contributed by atoms with Gasteiger partial charge in [-0.1, -0.05) is 30.3 Å². The molecule has 0 saturated heterocycles. The van der Waals surface area contributed by atoms with Crippen molar-refractivity contribution >= 4 is 33.3 Å². The van der Waals surface area contributed by atoms with Crippen LogP contribution >= 0.6 is 0 Å². The van der Waals surface area contributed by atoms with Crippen molar-refractivity contribution in [2.75, 3.05) is 10.6 Å². The fourth-order valence-corrected chi connectivity index (χ4v) is 3.77. The average molecular weight is 441 g/mol. The molecule has 160 valence electrons. The van der Waals surface area contributed by atoms with Crippen LogP contribution in [0.15, 0.2) is 77.7 Å². The summed E-state index contributed by atoms with van der Waals surface area (Å²) < 4.78 is 40.8. The number of sulfonamides is 1. The van der Waals surface area contributed by atoms with E-state index in [0.29, 0.717) is 16.8 Å². The highest BCUT2D eigenvalue weighted by Crippen LogP contribution is 2.17. The molecule has 0 saturated carbocycles. The van der Waals surface area contributed by atoms with Crippen molar-refractivity contribution < 1.29 is 17.6 Å². The largest absolute Gasteiger partial charge is 0.384 e. The number of benzene rings is 3. The highest BCUT2D eigenvalue weighted by Gasteiger charge is 2.15. The summed E-state index contributed by atoms with van der Waals surface area (Å²) in [5.41, 5.74) is 7.05. The van der Waals surface area contributed by atoms with Gasteiger partial charge in [-0.25, -0.2) is 22.3 Å². The Kier molecular flexibility index (Phi) is 6.63. The second kappa shape index (κ2) is 9.37. The number of urea groups is 1. The maximum absolute atomic E-state index is 13.3. The number of anilines is 2. The molecule has 0 radical (unpaired) electrons. The summed E-state index contributed by atoms with van der Waals surface area (Å²) in [6.07, 6.45) is 0. The molecule has 0 atom stereocenters. The molecule has 0 aliphatic heterocycles. The number of halogens is 1. The van der Waals surface area contributed by atoms with Crippen molar-refractivity contribution in [2.45, 2.75) is 11.4 Å². The fourth-order valence-electron chi connectivity index (χ4n) is 2.71. The Morgan fingerprint density at radius 2 is 1.58 bits per heavy atom. The van der Waals surface area contributed by atoms with Crippen LogP contribution in [-0.4, -0.2) is 20.3 Å². The maximum Gasteiger partial charge on any atom is 0.323 e. The Morgan fingerprint density at radius 1 is 0.935 bits per heavy atom. The van der Waals surface area contributed by atoms with E-state index in [1.54, 1.807) is 30.3 Å². The molecule has 0 aliphatic rings. The fraction of sp³-hybridized carbons (Fsp3) is 0.0476. The van der Waals surface area contributed by atoms with Gasteiger partial charge in [0.25, 0.3) is 0 Å². The minimum Gasteiger partial charge on any atom is -0.384 e. The van der Waals surface area contributed by atoms with Crippen LogP contribution in [0.1, 0.15) is 11.1 Å². The minimum atomic E-state index is -3.89. The van der Waals surface area contributed by atoms with Gasteiger partial charge in [-0.05, 0) is 48.0 Å². The van der Waals surface area contributed by atoms with Gasteiger partial charge in [0.15, 0.2) is 0 Å². The van der Waals surface area contributed by atoms with Crippen molar-refractivity contribution in [3.8, 4) is 0 Å². The van der Waals surface area contributed by atoms with E-state index >= 15 is 0 Å². The highest BCUT2D eigenvalue weighted by molar-refractivity contribution is 7.89. The van der Waals surface area contributed by atoms with Crippen molar-refractivity contribution in [1.29, 1.82) is 5.41 Å². The summed E-state index contributed by atoms with van der Waals surface area (Å²) in [5.74, 6) is -0.588. The van der Waals surface area contributed by atoms with Crippen molar-refractivity contribution in [1.82, 2.24) is 4.72 Å². The zero-order valence-corrected chi connectivity index (χ0v) is 17.0. The smallest absolute Gasteiger partial charge is 0.323 e. The normalized spacial score (nSPS) is 11.0. The molecule has 3 aromatic carbocycles. The molecule has 0 spiro atoms. The minimum absolute atomic E-state index is 0.0553. The van der Waals surface area contributed by atoms with Gasteiger partial charge in [-0.3, -0.25) is 5.41 Å². The Labute approximate surface area is 178 Å². The van der Waals surface area contributed by atoms with Crippen LogP contribution in [0.2, 0.25) is 0 Å². The first kappa shape index (κ1) is 21.9. The summed E-state index contributed by atoms with van der Waals surface area (Å²) in [4.78, 5) is 12.2. The van der Waals surface area contributed by atoms with E-state index in [1.165, 1.54) is 42.5 Å². The molecule has 0 unspecified atom stereocenters. The molecule has 3 rings (SSSR count). The van der Waals surface area contributed by atoms with E-state index in [1.807, 2.05) is 0 Å². The first-order chi connectivity index (χ1) is 14.7. The summed E-state index contributed by atoms with van der Waals surface area (Å²) in [7, 11) is -3.89. The molecule has 31 heavy (non-hydrogen) atoms. The summed E-state index contributed by atoms with van der Waals surface area (Å²) in [6.45, 7) is -0.0786. The number of hydrogen-bond donors (Lipinski definition) is 5. The van der Waals surface area contributed by atoms with Gasteiger partial charge in [0.05, 0.1) is 4.90 Å². The Morgan fingerprint density at radius 3 is 2.26 bits per heavy atom. The van der Waals surface area contributed by atoms with E-state index in [9.17, 15) is 17.6 Å². The summed E-state index contributed by atoms with van der Waals surface area (Å²) in [6, 6.07) is 17.2. The molecule has 0 heterocycles. The molecule has 8 nitrogen and oxygen atoms in total. The van der Waals surface area contributed by atoms with Gasteiger partial charge in [0.2, 0.25) is 10.0 Å². The number of carbonyl (C=O) groups is 1. The second-order valence-corrected chi connectivity index (χ2v) is 8.32. The number of amidine groups is 1. The van der Waals surface area contributed by atoms with E-state index in [2.05, 4.69) is 15.4 Å². The quantitative estimate of drug-likeness (QED) is 0.284. The van der Waals surface area contributed by atoms with Crippen LogP contribution in [0.3, 0.4) is 0 Å². The number of hydrogen-bond acceptors (Lipinski definition) is 4. The Hall–Kier alpha value is -3.76. The molecule has 0 aromatic heterocycles. The molecular weight excluding hydrogens is 421 g/mol. The molecular formula is C21H20FN5O3S. The van der Waals surface area contributed by atoms with E-state index in [4.69, 9.17) is 11.1 Å². The number of carbonyl (C=O) groups excluding carboxylic acids is 1. The highest BCUT2D eigenvalue weighted by atomic mass is 32.2. The van der Waals surface area contributed by atoms with Gasteiger partial charge in [0.1, 0.15) is 11.7 Å². The second-order valence-electron chi connectivity index (χ2n) is 6.56. The number of nitrogens with two attached hydrogens (primary N) is 1. The van der Waals surface area contributed by atoms with Crippen LogP contribution < -0.4 is 21.1 Å². The third-order valence-corrected chi connectivity index (χ3v) is 5.59. The standard InChI is InChI=1S/C21H20FN5O3S/c22-16-6-1-4-14(10-16)13-25-31(29,30)19-9-3-8-18(12-19)27-21(28)26-17-7-2-5-15(11-17)20(23)24/h1-12,25H,13H2,(H3,23,24)(H2,26,27,28). The predicted molar refractivity (Wildman–Crippen MR) is 117 cm³/mol. The van der Waals surface area contributed by atoms with Crippen molar-refractivity contribution in [3.63, 3.8) is 0 Å². The Balaban J connectivity index is 1.67. The molecule has 10 heteroatoms. The Bertz CT molecular complexity index is 1230. The van der Waals surface area contributed by atoms with Gasteiger partial charge in [-0.15, -0.1) is 0 Å². The first-order valence-electron chi connectivity index (χ1n) is 9.09. The maximum atomic E-state index is 13.3. The lowest BCUT2D eigenvalue weighted by Crippen LogP contribution is -2.24.